The van der Waals surface area contributed by atoms with Crippen LogP contribution in [-0.4, -0.2) is 59.0 Å². The lowest BCUT2D eigenvalue weighted by Gasteiger charge is -2.16. The minimum Gasteiger partial charge on any atom is -0.278 e. The zero-order chi connectivity index (χ0) is 20.3. The molecular weight excluding hydrogens is 450 g/mol. The van der Waals surface area contributed by atoms with E-state index in [1.165, 1.54) is 0 Å². The summed E-state index contributed by atoms with van der Waals surface area (Å²) < 4.78 is 53.7. The van der Waals surface area contributed by atoms with Gasteiger partial charge in [0.05, 0.1) is 0 Å². The van der Waals surface area contributed by atoms with E-state index in [2.05, 4.69) is 0 Å². The van der Waals surface area contributed by atoms with Crippen LogP contribution >= 0.6 is 43.0 Å². The van der Waals surface area contributed by atoms with Crippen LogP contribution in [0.2, 0.25) is 0 Å². The van der Waals surface area contributed by atoms with Crippen molar-refractivity contribution in [2.24, 2.45) is 0 Å². The Bertz CT molecular complexity index is 424. The summed E-state index contributed by atoms with van der Waals surface area (Å²) in [5.74, 6) is 0. The summed E-state index contributed by atoms with van der Waals surface area (Å²) in [6.45, 7) is -1.74. The van der Waals surface area contributed by atoms with Crippen LogP contribution in [0.15, 0.2) is 0 Å². The van der Waals surface area contributed by atoms with Gasteiger partial charge in [-0.1, -0.05) is 0 Å². The van der Waals surface area contributed by atoms with E-state index >= 15 is 0 Å². The largest absolute Gasteiger partial charge is 0.572 e. The van der Waals surface area contributed by atoms with Crippen molar-refractivity contribution in [3.8, 4) is 0 Å². The SMILES string of the molecule is O=C(Cl)C(F)CCO[P+](O)(OCCC(F)C(=O)Cl)OCCC(F)C(=O)Cl. The van der Waals surface area contributed by atoms with Gasteiger partial charge in [0, 0.05) is 19.3 Å². The third-order valence-corrected chi connectivity index (χ3v) is 4.85. The first kappa shape index (κ1) is 25.9. The van der Waals surface area contributed by atoms with Crippen LogP contribution in [0.1, 0.15) is 19.3 Å². The topological polar surface area (TPSA) is 99.1 Å². The first-order valence-corrected chi connectivity index (χ1v) is 9.67. The minimum absolute atomic E-state index is 0.546. The van der Waals surface area contributed by atoms with Crippen LogP contribution in [0.4, 0.5) is 13.2 Å². The second-order valence-corrected chi connectivity index (χ2v) is 7.48. The number of hydrogen-bond donors (Lipinski definition) is 1. The van der Waals surface area contributed by atoms with Crippen LogP contribution < -0.4 is 0 Å². The quantitative estimate of drug-likeness (QED) is 0.292. The number of alkyl halides is 3. The molecule has 0 amide bonds. The van der Waals surface area contributed by atoms with E-state index in [0.717, 1.165) is 0 Å². The Morgan fingerprint density at radius 2 is 0.962 bits per heavy atom. The smallest absolute Gasteiger partial charge is 0.278 e. The van der Waals surface area contributed by atoms with Crippen molar-refractivity contribution in [2.45, 2.75) is 37.8 Å². The molecule has 0 spiro atoms. The fourth-order valence-corrected chi connectivity index (χ4v) is 2.83. The molecule has 0 aliphatic carbocycles. The van der Waals surface area contributed by atoms with Crippen molar-refractivity contribution in [1.82, 2.24) is 0 Å². The van der Waals surface area contributed by atoms with Gasteiger partial charge in [0.2, 0.25) is 0 Å². The van der Waals surface area contributed by atoms with Gasteiger partial charge in [0.15, 0.2) is 18.5 Å². The predicted octanol–water partition coefficient (Wildman–Crippen LogP) is 3.19. The molecule has 3 unspecified atom stereocenters. The molecule has 1 N–H and O–H groups in total. The Labute approximate surface area is 162 Å². The maximum Gasteiger partial charge on any atom is 0.572 e. The van der Waals surface area contributed by atoms with Crippen LogP contribution in [0.25, 0.3) is 0 Å². The lowest BCUT2D eigenvalue weighted by Crippen LogP contribution is -2.18. The first-order chi connectivity index (χ1) is 12.0. The fourth-order valence-electron chi connectivity index (χ4n) is 1.27. The van der Waals surface area contributed by atoms with Gasteiger partial charge < -0.3 is 0 Å². The molecule has 0 saturated heterocycles. The summed E-state index contributed by atoms with van der Waals surface area (Å²) >= 11 is 14.8. The Kier molecular flexibility index (Phi) is 13.1. The third kappa shape index (κ3) is 11.6. The maximum atomic E-state index is 13.1. The molecule has 0 bridgehead atoms. The number of halogens is 6. The first-order valence-electron chi connectivity index (χ1n) is 7.04. The molecule has 0 rings (SSSR count). The van der Waals surface area contributed by atoms with Crippen molar-refractivity contribution in [3.05, 3.63) is 0 Å². The lowest BCUT2D eigenvalue weighted by molar-refractivity contribution is -0.117. The third-order valence-electron chi connectivity index (χ3n) is 2.62. The Morgan fingerprint density at radius 1 is 0.731 bits per heavy atom. The fraction of sp³-hybridized carbons (Fsp3) is 0.750. The molecule has 152 valence electrons. The molecule has 0 aliphatic rings. The van der Waals surface area contributed by atoms with E-state index in [-0.39, 0.29) is 0 Å². The number of carbonyl (C=O) groups excluding carboxylic acids is 3. The minimum atomic E-state index is -4.19. The Morgan fingerprint density at radius 3 is 1.15 bits per heavy atom. The highest BCUT2D eigenvalue weighted by atomic mass is 35.5. The van der Waals surface area contributed by atoms with E-state index in [4.69, 9.17) is 48.4 Å². The molecule has 0 heterocycles. The molecule has 0 saturated carbocycles. The van der Waals surface area contributed by atoms with Crippen molar-refractivity contribution < 1.29 is 46.0 Å². The monoisotopic (exact) mass is 465 g/mol. The van der Waals surface area contributed by atoms with Gasteiger partial charge in [-0.15, -0.1) is 0 Å². The zero-order valence-corrected chi connectivity index (χ0v) is 16.2. The van der Waals surface area contributed by atoms with Crippen molar-refractivity contribution in [3.63, 3.8) is 0 Å². The molecule has 0 fully saturated rings. The van der Waals surface area contributed by atoms with E-state index in [1.807, 2.05) is 0 Å². The molecule has 0 radical (unpaired) electrons. The number of hydrogen-bond acceptors (Lipinski definition) is 7. The van der Waals surface area contributed by atoms with Crippen LogP contribution in [0.5, 0.6) is 0 Å². The molecule has 0 aromatic heterocycles. The van der Waals surface area contributed by atoms with Gasteiger partial charge in [-0.25, -0.2) is 13.2 Å². The molecule has 14 heteroatoms. The average Bonchev–Trinajstić information content (AvgIpc) is 2.54. The summed E-state index contributed by atoms with van der Waals surface area (Å²) in [6, 6.07) is 0. The molecular formula is C12H16Cl3F3O7P+. The van der Waals surface area contributed by atoms with Crippen molar-refractivity contribution in [2.75, 3.05) is 19.8 Å². The molecule has 0 aliphatic heterocycles. The average molecular weight is 467 g/mol. The van der Waals surface area contributed by atoms with Gasteiger partial charge in [0.1, 0.15) is 19.8 Å². The van der Waals surface area contributed by atoms with Crippen LogP contribution in [-0.2, 0) is 28.0 Å². The van der Waals surface area contributed by atoms with Crippen molar-refractivity contribution >= 4 is 58.7 Å². The van der Waals surface area contributed by atoms with Gasteiger partial charge in [-0.05, 0) is 34.8 Å². The van der Waals surface area contributed by atoms with Gasteiger partial charge in [-0.3, -0.25) is 14.4 Å². The van der Waals surface area contributed by atoms with Gasteiger partial charge >= 0.3 is 8.17 Å². The highest BCUT2D eigenvalue weighted by Gasteiger charge is 2.45. The van der Waals surface area contributed by atoms with E-state index < -0.39 is 81.5 Å². The molecule has 0 aromatic rings. The summed E-state index contributed by atoms with van der Waals surface area (Å²) in [5, 5.41) is -3.84. The van der Waals surface area contributed by atoms with Gasteiger partial charge in [-0.2, -0.15) is 18.5 Å². The van der Waals surface area contributed by atoms with Gasteiger partial charge in [0.25, 0.3) is 15.7 Å². The highest BCUT2D eigenvalue weighted by Crippen LogP contribution is 2.58. The summed E-state index contributed by atoms with van der Waals surface area (Å²) in [7, 11) is -4.19. The number of rotatable bonds is 15. The molecule has 0 aromatic carbocycles. The van der Waals surface area contributed by atoms with Crippen LogP contribution in [0, 0.1) is 0 Å². The summed E-state index contributed by atoms with van der Waals surface area (Å²) in [6.07, 6.45) is -7.85. The number of carbonyl (C=O) groups is 3. The predicted molar refractivity (Wildman–Crippen MR) is 88.1 cm³/mol. The molecule has 3 atom stereocenters. The molecule has 7 nitrogen and oxygen atoms in total. The molecule has 26 heavy (non-hydrogen) atoms. The highest BCUT2D eigenvalue weighted by molar-refractivity contribution is 7.55. The van der Waals surface area contributed by atoms with Crippen LogP contribution in [0.3, 0.4) is 0 Å². The summed E-state index contributed by atoms with van der Waals surface area (Å²) in [5.41, 5.74) is 0. The van der Waals surface area contributed by atoms with E-state index in [1.54, 1.807) is 0 Å². The Hall–Kier alpha value is -0.0600. The van der Waals surface area contributed by atoms with E-state index in [9.17, 15) is 32.4 Å². The Balaban J connectivity index is 4.60. The normalized spacial score (nSPS) is 17.2. The standard InChI is InChI=1S/C12H16Cl3F3O7P/c13-10(19)7(16)1-4-23-26(22,24-5-2-8(17)11(14)20)25-6-3-9(18)12(15)21/h7-9,22H,1-6H2/q+1. The van der Waals surface area contributed by atoms with E-state index in [0.29, 0.717) is 0 Å². The lowest BCUT2D eigenvalue weighted by atomic mass is 10.3. The second kappa shape index (κ2) is 13.2. The maximum absolute atomic E-state index is 13.1. The summed E-state index contributed by atoms with van der Waals surface area (Å²) in [4.78, 5) is 41.8. The zero-order valence-electron chi connectivity index (χ0n) is 13.1. The second-order valence-electron chi connectivity index (χ2n) is 4.65. The van der Waals surface area contributed by atoms with Crippen molar-refractivity contribution in [1.29, 1.82) is 0 Å².